The first-order valence-electron chi connectivity index (χ1n) is 12.2. The first kappa shape index (κ1) is 26.2. The Labute approximate surface area is 215 Å². The van der Waals surface area contributed by atoms with Crippen molar-refractivity contribution in [2.45, 2.75) is 46.3 Å². The third-order valence-electron chi connectivity index (χ3n) is 6.00. The van der Waals surface area contributed by atoms with E-state index in [2.05, 4.69) is 15.6 Å². The van der Waals surface area contributed by atoms with Crippen LogP contribution in [0.3, 0.4) is 0 Å². The van der Waals surface area contributed by atoms with Crippen LogP contribution in [-0.2, 0) is 6.61 Å². The fourth-order valence-electron chi connectivity index (χ4n) is 4.09. The van der Waals surface area contributed by atoms with Gasteiger partial charge in [-0.15, -0.1) is 0 Å². The molecule has 0 fully saturated rings. The first-order chi connectivity index (χ1) is 17.6. The molecule has 1 amide bonds. The number of amides is 1. The fourth-order valence-corrected chi connectivity index (χ4v) is 4.09. The van der Waals surface area contributed by atoms with Gasteiger partial charge >= 0.3 is 0 Å². The molecule has 0 unspecified atom stereocenters. The molecule has 194 valence electrons. The smallest absolute Gasteiger partial charge is 0.251 e. The van der Waals surface area contributed by atoms with Crippen molar-refractivity contribution in [3.05, 3.63) is 71.2 Å². The first-order valence-corrected chi connectivity index (χ1v) is 12.2. The number of carbonyl (C=O) groups is 1. The van der Waals surface area contributed by atoms with Crippen LogP contribution in [0.2, 0.25) is 0 Å². The zero-order chi connectivity index (χ0) is 26.7. The zero-order valence-corrected chi connectivity index (χ0v) is 21.5. The van der Waals surface area contributed by atoms with Crippen molar-refractivity contribution in [2.75, 3.05) is 18.4 Å². The number of nitrogens with one attached hydrogen (secondary N) is 2. The molecule has 0 saturated heterocycles. The maximum Gasteiger partial charge on any atom is 0.251 e. The van der Waals surface area contributed by atoms with E-state index in [4.69, 9.17) is 5.10 Å². The third kappa shape index (κ3) is 5.79. The predicted molar refractivity (Wildman–Crippen MR) is 142 cm³/mol. The second-order valence-electron chi connectivity index (χ2n) is 9.73. The summed E-state index contributed by atoms with van der Waals surface area (Å²) in [6, 6.07) is 11.5. The van der Waals surface area contributed by atoms with Crippen molar-refractivity contribution in [3.8, 4) is 22.5 Å². The Morgan fingerprint density at radius 2 is 1.95 bits per heavy atom. The van der Waals surface area contributed by atoms with Gasteiger partial charge in [0.15, 0.2) is 5.65 Å². The van der Waals surface area contributed by atoms with Gasteiger partial charge in [0.1, 0.15) is 5.82 Å². The summed E-state index contributed by atoms with van der Waals surface area (Å²) < 4.78 is 15.5. The Bertz CT molecular complexity index is 1440. The number of aryl methyl sites for hydroxylation is 1. The highest BCUT2D eigenvalue weighted by Crippen LogP contribution is 2.31. The normalized spacial score (nSPS) is 11.6. The number of benzene rings is 2. The van der Waals surface area contributed by atoms with E-state index >= 15 is 0 Å². The lowest BCUT2D eigenvalue weighted by Gasteiger charge is -2.19. The molecule has 4 aromatic rings. The van der Waals surface area contributed by atoms with Crippen molar-refractivity contribution in [1.29, 1.82) is 0 Å². The summed E-state index contributed by atoms with van der Waals surface area (Å²) in [4.78, 5) is 17.1. The Balaban J connectivity index is 1.85. The molecule has 0 radical (unpaired) electrons. The predicted octanol–water partition coefficient (Wildman–Crippen LogP) is 4.33. The van der Waals surface area contributed by atoms with E-state index in [1.807, 2.05) is 26.0 Å². The number of carbonyl (C=O) groups excluding carboxylic acids is 1. The second kappa shape index (κ2) is 10.7. The largest absolute Gasteiger partial charge is 0.392 e. The van der Waals surface area contributed by atoms with Crippen LogP contribution >= 0.6 is 0 Å². The van der Waals surface area contributed by atoms with Crippen LogP contribution in [0.1, 0.15) is 48.7 Å². The molecule has 4 N–H and O–H groups in total. The van der Waals surface area contributed by atoms with E-state index < -0.39 is 11.4 Å². The number of aromatic nitrogens is 3. The summed E-state index contributed by atoms with van der Waals surface area (Å²) in [5.74, 6) is -0.563. The molecule has 0 aliphatic carbocycles. The van der Waals surface area contributed by atoms with E-state index in [9.17, 15) is 19.4 Å². The monoisotopic (exact) mass is 505 g/mol. The van der Waals surface area contributed by atoms with Crippen LogP contribution in [0.4, 0.5) is 10.1 Å². The number of halogens is 1. The van der Waals surface area contributed by atoms with Gasteiger partial charge in [-0.3, -0.25) is 4.79 Å². The molecule has 0 aliphatic heterocycles. The number of fused-ring (bicyclic) bond motifs is 1. The van der Waals surface area contributed by atoms with Crippen LogP contribution < -0.4 is 10.6 Å². The summed E-state index contributed by atoms with van der Waals surface area (Å²) in [6.45, 7) is 7.79. The van der Waals surface area contributed by atoms with Crippen LogP contribution in [0.15, 0.2) is 48.7 Å². The number of aliphatic hydroxyl groups excluding tert-OH is 1. The number of imidazole rings is 1. The van der Waals surface area contributed by atoms with E-state index in [0.29, 0.717) is 46.0 Å². The maximum atomic E-state index is 13.9. The molecule has 9 heteroatoms. The molecule has 2 heterocycles. The average molecular weight is 506 g/mol. The van der Waals surface area contributed by atoms with Crippen LogP contribution in [0.25, 0.3) is 28.2 Å². The SMILES string of the molecule is CCCNC(=O)c1ccc(-c2cnc3c(NCC(C)(C)O)cc(-c4ccc(F)cc4CO)nn23)cc1C. The minimum Gasteiger partial charge on any atom is -0.392 e. The average Bonchev–Trinajstić information content (AvgIpc) is 3.29. The minimum atomic E-state index is -0.979. The lowest BCUT2D eigenvalue weighted by molar-refractivity contribution is 0.0941. The van der Waals surface area contributed by atoms with Gasteiger partial charge in [0.05, 0.1) is 35.5 Å². The van der Waals surface area contributed by atoms with E-state index in [1.54, 1.807) is 42.8 Å². The summed E-state index contributed by atoms with van der Waals surface area (Å²) in [7, 11) is 0. The number of anilines is 1. The van der Waals surface area contributed by atoms with E-state index in [0.717, 1.165) is 17.5 Å². The molecule has 37 heavy (non-hydrogen) atoms. The number of aliphatic hydroxyl groups is 2. The Kier molecular flexibility index (Phi) is 7.56. The Morgan fingerprint density at radius 3 is 2.62 bits per heavy atom. The molecular formula is C28H32FN5O3. The maximum absolute atomic E-state index is 13.9. The van der Waals surface area contributed by atoms with E-state index in [-0.39, 0.29) is 19.1 Å². The molecule has 2 aromatic carbocycles. The molecule has 0 bridgehead atoms. The van der Waals surface area contributed by atoms with Gasteiger partial charge in [0, 0.05) is 29.8 Å². The number of hydrogen-bond donors (Lipinski definition) is 4. The van der Waals surface area contributed by atoms with Gasteiger partial charge in [-0.25, -0.2) is 13.9 Å². The molecule has 4 rings (SSSR count). The van der Waals surface area contributed by atoms with Gasteiger partial charge in [-0.05, 0) is 74.7 Å². The van der Waals surface area contributed by atoms with Crippen LogP contribution in [-0.4, -0.2) is 49.4 Å². The molecule has 0 saturated carbocycles. The third-order valence-corrected chi connectivity index (χ3v) is 6.00. The van der Waals surface area contributed by atoms with Gasteiger partial charge < -0.3 is 20.8 Å². The van der Waals surface area contributed by atoms with Crippen LogP contribution in [0.5, 0.6) is 0 Å². The molecular weight excluding hydrogens is 473 g/mol. The highest BCUT2D eigenvalue weighted by molar-refractivity contribution is 5.96. The standard InChI is InChI=1S/C28H32FN5O3/c1-5-10-30-27(36)21-8-6-18(11-17(21)2)25-14-31-26-24(32-16-28(3,4)37)13-23(33-34(25)26)22-9-7-20(29)12-19(22)15-35/h6-9,11-14,32,35,37H,5,10,15-16H2,1-4H3,(H,30,36). The zero-order valence-electron chi connectivity index (χ0n) is 21.5. The van der Waals surface area contributed by atoms with Gasteiger partial charge in [0.2, 0.25) is 0 Å². The van der Waals surface area contributed by atoms with Crippen molar-refractivity contribution < 1.29 is 19.4 Å². The summed E-state index contributed by atoms with van der Waals surface area (Å²) in [6.07, 6.45) is 2.55. The van der Waals surface area contributed by atoms with Crippen molar-refractivity contribution in [1.82, 2.24) is 19.9 Å². The summed E-state index contributed by atoms with van der Waals surface area (Å²) in [5, 5.41) is 31.1. The summed E-state index contributed by atoms with van der Waals surface area (Å²) in [5.41, 5.74) is 4.60. The highest BCUT2D eigenvalue weighted by Gasteiger charge is 2.19. The van der Waals surface area contributed by atoms with Gasteiger partial charge in [0.25, 0.3) is 5.91 Å². The quantitative estimate of drug-likeness (QED) is 0.270. The van der Waals surface area contributed by atoms with Crippen LogP contribution in [0, 0.1) is 12.7 Å². The number of hydrogen-bond acceptors (Lipinski definition) is 6. The molecule has 2 aromatic heterocycles. The molecule has 0 aliphatic rings. The van der Waals surface area contributed by atoms with E-state index in [1.165, 1.54) is 12.1 Å². The summed E-state index contributed by atoms with van der Waals surface area (Å²) >= 11 is 0. The van der Waals surface area contributed by atoms with Crippen molar-refractivity contribution >= 4 is 17.2 Å². The van der Waals surface area contributed by atoms with Crippen molar-refractivity contribution in [2.24, 2.45) is 0 Å². The van der Waals surface area contributed by atoms with Gasteiger partial charge in [-0.1, -0.05) is 13.0 Å². The molecule has 0 atom stereocenters. The van der Waals surface area contributed by atoms with Crippen molar-refractivity contribution in [3.63, 3.8) is 0 Å². The Hall–Kier alpha value is -3.82. The lowest BCUT2D eigenvalue weighted by Crippen LogP contribution is -2.29. The lowest BCUT2D eigenvalue weighted by atomic mass is 10.0. The highest BCUT2D eigenvalue weighted by atomic mass is 19.1. The fraction of sp³-hybridized carbons (Fsp3) is 0.321. The molecule has 0 spiro atoms. The molecule has 8 nitrogen and oxygen atoms in total. The number of nitrogens with zero attached hydrogens (tertiary/aromatic N) is 3. The van der Waals surface area contributed by atoms with Gasteiger partial charge in [-0.2, -0.15) is 5.10 Å². The topological polar surface area (TPSA) is 112 Å². The second-order valence-corrected chi connectivity index (χ2v) is 9.73. The minimum absolute atomic E-state index is 0.115. The number of rotatable bonds is 9. The Morgan fingerprint density at radius 1 is 1.16 bits per heavy atom.